The van der Waals surface area contributed by atoms with E-state index in [9.17, 15) is 5.11 Å². The van der Waals surface area contributed by atoms with E-state index in [-0.39, 0.29) is 0 Å². The van der Waals surface area contributed by atoms with Crippen molar-refractivity contribution in [3.63, 3.8) is 0 Å². The average Bonchev–Trinajstić information content (AvgIpc) is 2.03. The van der Waals surface area contributed by atoms with Crippen LogP contribution in [0.1, 0.15) is 18.7 Å². The fourth-order valence-corrected chi connectivity index (χ4v) is 1.20. The second kappa shape index (κ2) is 3.98. The number of nitrogens with two attached hydrogens (primary N) is 1. The van der Waals surface area contributed by atoms with Crippen molar-refractivity contribution in [1.82, 2.24) is 4.98 Å². The molecule has 0 aliphatic heterocycles. The monoisotopic (exact) mass is 230 g/mol. The van der Waals surface area contributed by atoms with Gasteiger partial charge in [0.1, 0.15) is 0 Å². The van der Waals surface area contributed by atoms with Gasteiger partial charge in [-0.1, -0.05) is 15.9 Å². The van der Waals surface area contributed by atoms with Gasteiger partial charge in [0.25, 0.3) is 0 Å². The molecular formula is C8H11BrN2O. The van der Waals surface area contributed by atoms with Gasteiger partial charge in [-0.05, 0) is 19.1 Å². The first kappa shape index (κ1) is 9.64. The molecule has 1 aromatic rings. The second-order valence-electron chi connectivity index (χ2n) is 2.67. The van der Waals surface area contributed by atoms with Crippen LogP contribution >= 0.6 is 15.9 Å². The van der Waals surface area contributed by atoms with E-state index in [0.29, 0.717) is 5.69 Å². The largest absolute Gasteiger partial charge is 0.391 e. The van der Waals surface area contributed by atoms with Crippen LogP contribution < -0.4 is 5.73 Å². The summed E-state index contributed by atoms with van der Waals surface area (Å²) in [4.78, 5) is 4.05. The van der Waals surface area contributed by atoms with Gasteiger partial charge in [0, 0.05) is 10.7 Å². The van der Waals surface area contributed by atoms with Gasteiger partial charge in [0.15, 0.2) is 0 Å². The first-order valence-corrected chi connectivity index (χ1v) is 4.45. The normalized spacial score (nSPS) is 15.7. The maximum Gasteiger partial charge on any atom is 0.0731 e. The molecule has 0 spiro atoms. The Morgan fingerprint density at radius 3 is 2.83 bits per heavy atom. The molecule has 0 saturated carbocycles. The molecule has 0 amide bonds. The number of rotatable bonds is 2. The molecule has 0 aliphatic carbocycles. The molecule has 4 heteroatoms. The van der Waals surface area contributed by atoms with Crippen molar-refractivity contribution in [2.24, 2.45) is 5.73 Å². The summed E-state index contributed by atoms with van der Waals surface area (Å²) in [5.41, 5.74) is 6.37. The van der Waals surface area contributed by atoms with Crippen LogP contribution in [0.3, 0.4) is 0 Å². The third kappa shape index (κ3) is 2.27. The zero-order chi connectivity index (χ0) is 9.14. The van der Waals surface area contributed by atoms with Gasteiger partial charge in [0.2, 0.25) is 0 Å². The van der Waals surface area contributed by atoms with Crippen LogP contribution in [0.5, 0.6) is 0 Å². The molecule has 12 heavy (non-hydrogen) atoms. The zero-order valence-electron chi connectivity index (χ0n) is 6.74. The molecule has 0 aromatic carbocycles. The minimum Gasteiger partial charge on any atom is -0.391 e. The van der Waals surface area contributed by atoms with Crippen molar-refractivity contribution in [1.29, 1.82) is 0 Å². The van der Waals surface area contributed by atoms with E-state index < -0.39 is 12.1 Å². The van der Waals surface area contributed by atoms with E-state index in [1.54, 1.807) is 19.2 Å². The molecule has 1 aromatic heterocycles. The van der Waals surface area contributed by atoms with E-state index in [4.69, 9.17) is 5.73 Å². The highest BCUT2D eigenvalue weighted by atomic mass is 79.9. The molecule has 2 atom stereocenters. The fraction of sp³-hybridized carbons (Fsp3) is 0.375. The Morgan fingerprint density at radius 2 is 2.33 bits per heavy atom. The molecule has 0 fully saturated rings. The van der Waals surface area contributed by atoms with Gasteiger partial charge in [-0.2, -0.15) is 0 Å². The average molecular weight is 231 g/mol. The van der Waals surface area contributed by atoms with Crippen LogP contribution in [0.15, 0.2) is 22.8 Å². The minimum absolute atomic E-state index is 0.414. The van der Waals surface area contributed by atoms with Crippen LogP contribution in [0.2, 0.25) is 0 Å². The summed E-state index contributed by atoms with van der Waals surface area (Å²) in [6.07, 6.45) is 1.08. The Labute approximate surface area is 79.7 Å². The van der Waals surface area contributed by atoms with E-state index in [2.05, 4.69) is 20.9 Å². The molecule has 1 heterocycles. The molecule has 3 N–H and O–H groups in total. The van der Waals surface area contributed by atoms with Crippen LogP contribution in [-0.4, -0.2) is 16.2 Å². The van der Waals surface area contributed by atoms with Crippen molar-refractivity contribution in [2.75, 3.05) is 0 Å². The number of aromatic nitrogens is 1. The van der Waals surface area contributed by atoms with Gasteiger partial charge >= 0.3 is 0 Å². The summed E-state index contributed by atoms with van der Waals surface area (Å²) in [5, 5.41) is 9.18. The standard InChI is InChI=1S/C8H11BrN2O/c1-5(12)8(10)7-4-6(9)2-3-11-7/h2-5,8,12H,10H2,1H3/t5-,8-/m1/s1. The maximum absolute atomic E-state index is 9.18. The Balaban J connectivity index is 2.88. The van der Waals surface area contributed by atoms with Gasteiger partial charge in [-0.3, -0.25) is 4.98 Å². The van der Waals surface area contributed by atoms with E-state index in [1.165, 1.54) is 0 Å². The molecule has 0 bridgehead atoms. The molecule has 0 aliphatic rings. The van der Waals surface area contributed by atoms with Crippen LogP contribution in [0.25, 0.3) is 0 Å². The lowest BCUT2D eigenvalue weighted by atomic mass is 10.1. The third-order valence-corrected chi connectivity index (χ3v) is 2.10. The van der Waals surface area contributed by atoms with E-state index in [1.807, 2.05) is 6.07 Å². The number of aliphatic hydroxyl groups excluding tert-OH is 1. The molecule has 1 rings (SSSR count). The number of pyridine rings is 1. The van der Waals surface area contributed by atoms with Crippen molar-refractivity contribution >= 4 is 15.9 Å². The smallest absolute Gasteiger partial charge is 0.0731 e. The highest BCUT2D eigenvalue weighted by Gasteiger charge is 2.12. The Hall–Kier alpha value is -0.450. The van der Waals surface area contributed by atoms with Gasteiger partial charge < -0.3 is 10.8 Å². The highest BCUT2D eigenvalue weighted by Crippen LogP contribution is 2.15. The number of aliphatic hydroxyl groups is 1. The predicted octanol–water partition coefficient (Wildman–Crippen LogP) is 1.22. The predicted molar refractivity (Wildman–Crippen MR) is 50.5 cm³/mol. The lowest BCUT2D eigenvalue weighted by Crippen LogP contribution is -2.24. The number of hydrogen-bond acceptors (Lipinski definition) is 3. The first-order valence-electron chi connectivity index (χ1n) is 3.66. The molecule has 0 saturated heterocycles. The lowest BCUT2D eigenvalue weighted by molar-refractivity contribution is 0.162. The van der Waals surface area contributed by atoms with Gasteiger partial charge in [0.05, 0.1) is 17.8 Å². The molecule has 3 nitrogen and oxygen atoms in total. The van der Waals surface area contributed by atoms with E-state index in [0.717, 1.165) is 4.47 Å². The first-order chi connectivity index (χ1) is 5.61. The van der Waals surface area contributed by atoms with Crippen molar-refractivity contribution < 1.29 is 5.11 Å². The SMILES string of the molecule is C[C@@H](O)[C@@H](N)c1cc(Br)ccn1. The summed E-state index contributed by atoms with van der Waals surface area (Å²) in [6.45, 7) is 1.65. The Kier molecular flexibility index (Phi) is 3.20. The molecule has 66 valence electrons. The number of nitrogens with zero attached hydrogens (tertiary/aromatic N) is 1. The van der Waals surface area contributed by atoms with Crippen LogP contribution in [-0.2, 0) is 0 Å². The number of halogens is 1. The molecular weight excluding hydrogens is 220 g/mol. The summed E-state index contributed by atoms with van der Waals surface area (Å²) < 4.78 is 0.920. The molecule has 0 unspecified atom stereocenters. The maximum atomic E-state index is 9.18. The second-order valence-corrected chi connectivity index (χ2v) is 3.58. The van der Waals surface area contributed by atoms with Crippen LogP contribution in [0.4, 0.5) is 0 Å². The summed E-state index contributed by atoms with van der Waals surface area (Å²) in [7, 11) is 0. The third-order valence-electron chi connectivity index (χ3n) is 1.60. The fourth-order valence-electron chi connectivity index (χ4n) is 0.851. The lowest BCUT2D eigenvalue weighted by Gasteiger charge is -2.13. The molecule has 0 radical (unpaired) electrons. The zero-order valence-corrected chi connectivity index (χ0v) is 8.32. The summed E-state index contributed by atoms with van der Waals surface area (Å²) >= 11 is 3.30. The summed E-state index contributed by atoms with van der Waals surface area (Å²) in [6, 6.07) is 3.21. The van der Waals surface area contributed by atoms with Crippen molar-refractivity contribution in [3.05, 3.63) is 28.5 Å². The van der Waals surface area contributed by atoms with Gasteiger partial charge in [-0.15, -0.1) is 0 Å². The van der Waals surface area contributed by atoms with Crippen LogP contribution in [0, 0.1) is 0 Å². The van der Waals surface area contributed by atoms with Crippen molar-refractivity contribution in [3.8, 4) is 0 Å². The Bertz CT molecular complexity index is 265. The highest BCUT2D eigenvalue weighted by molar-refractivity contribution is 9.10. The Morgan fingerprint density at radius 1 is 1.67 bits per heavy atom. The number of hydrogen-bond donors (Lipinski definition) is 2. The van der Waals surface area contributed by atoms with Gasteiger partial charge in [-0.25, -0.2) is 0 Å². The topological polar surface area (TPSA) is 59.1 Å². The summed E-state index contributed by atoms with van der Waals surface area (Å²) in [5.74, 6) is 0. The van der Waals surface area contributed by atoms with E-state index >= 15 is 0 Å². The quantitative estimate of drug-likeness (QED) is 0.804. The van der Waals surface area contributed by atoms with Crippen molar-refractivity contribution in [2.45, 2.75) is 19.1 Å². The minimum atomic E-state index is -0.577.